The number of aromatic hydroxyl groups is 1. The molecule has 4 rings (SSSR count). The molecule has 0 atom stereocenters. The number of nitrogens with zero attached hydrogens (tertiary/aromatic N) is 7. The van der Waals surface area contributed by atoms with Gasteiger partial charge in [0.2, 0.25) is 5.69 Å². The van der Waals surface area contributed by atoms with Gasteiger partial charge in [-0.15, -0.1) is 0 Å². The number of tetrazole rings is 1. The second kappa shape index (κ2) is 8.93. The van der Waals surface area contributed by atoms with Crippen LogP contribution in [0, 0.1) is 13.5 Å². The van der Waals surface area contributed by atoms with Crippen molar-refractivity contribution in [1.82, 2.24) is 24.8 Å². The van der Waals surface area contributed by atoms with Crippen molar-refractivity contribution >= 4 is 17.9 Å². The van der Waals surface area contributed by atoms with Crippen molar-refractivity contribution < 1.29 is 5.11 Å². The predicted octanol–water partition coefficient (Wildman–Crippen LogP) is 2.88. The number of nitrogens with one attached hydrogen (secondary N) is 1. The van der Waals surface area contributed by atoms with Gasteiger partial charge in [-0.05, 0) is 40.6 Å². The average molecular weight is 426 g/mol. The summed E-state index contributed by atoms with van der Waals surface area (Å²) in [5.41, 5.74) is 4.31. The zero-order chi connectivity index (χ0) is 22.5. The number of hydrogen-bond acceptors (Lipinski definition) is 7. The first-order valence-electron chi connectivity index (χ1n) is 9.60. The molecule has 4 aromatic rings. The molecule has 0 fully saturated rings. The highest BCUT2D eigenvalue weighted by Crippen LogP contribution is 2.30. The van der Waals surface area contributed by atoms with Crippen molar-refractivity contribution in [3.05, 3.63) is 99.1 Å². The summed E-state index contributed by atoms with van der Waals surface area (Å²) in [7, 11) is 0. The van der Waals surface area contributed by atoms with Crippen LogP contribution in [0.4, 0.5) is 11.6 Å². The van der Waals surface area contributed by atoms with Crippen LogP contribution in [-0.4, -0.2) is 36.1 Å². The molecule has 2 N–H and O–H groups in total. The maximum absolute atomic E-state index is 13.1. The van der Waals surface area contributed by atoms with Crippen LogP contribution in [0.3, 0.4) is 0 Å². The van der Waals surface area contributed by atoms with Crippen molar-refractivity contribution in [3.8, 4) is 11.6 Å². The fourth-order valence-electron chi connectivity index (χ4n) is 3.18. The van der Waals surface area contributed by atoms with E-state index in [9.17, 15) is 9.90 Å². The van der Waals surface area contributed by atoms with Crippen LogP contribution < -0.4 is 11.0 Å². The van der Waals surface area contributed by atoms with Gasteiger partial charge in [-0.2, -0.15) is 9.78 Å². The number of rotatable bonds is 6. The van der Waals surface area contributed by atoms with Crippen molar-refractivity contribution in [2.24, 2.45) is 5.10 Å². The molecule has 0 aliphatic carbocycles. The standard InChI is InChI=1S/C22H18N8O2/c1-15-18(13-24-25-22-26-27-28-30(22)17-11-7-4-8-12-17)20(31)29(21(32)19(15)23-2)14-16-9-5-3-6-10-16/h3-13,32H,14H2,1H3,(H,25,26,28)/b24-13-. The van der Waals surface area contributed by atoms with E-state index in [2.05, 4.69) is 30.9 Å². The molecule has 0 unspecified atom stereocenters. The lowest BCUT2D eigenvalue weighted by molar-refractivity contribution is 0.418. The van der Waals surface area contributed by atoms with Gasteiger partial charge in [0.15, 0.2) is 5.88 Å². The molecule has 0 aliphatic rings. The zero-order valence-electron chi connectivity index (χ0n) is 17.0. The van der Waals surface area contributed by atoms with E-state index >= 15 is 0 Å². The molecule has 0 amide bonds. The molecular formula is C22H18N8O2. The Morgan fingerprint density at radius 2 is 1.84 bits per heavy atom. The highest BCUT2D eigenvalue weighted by atomic mass is 16.3. The van der Waals surface area contributed by atoms with Gasteiger partial charge in [-0.25, -0.2) is 10.3 Å². The molecule has 158 valence electrons. The first-order chi connectivity index (χ1) is 15.6. The third-order valence-electron chi connectivity index (χ3n) is 4.83. The highest BCUT2D eigenvalue weighted by molar-refractivity contribution is 5.85. The van der Waals surface area contributed by atoms with Crippen molar-refractivity contribution in [1.29, 1.82) is 0 Å². The van der Waals surface area contributed by atoms with Crippen molar-refractivity contribution in [2.75, 3.05) is 5.43 Å². The number of pyridine rings is 1. The van der Waals surface area contributed by atoms with Gasteiger partial charge in [0.25, 0.3) is 11.5 Å². The van der Waals surface area contributed by atoms with Gasteiger partial charge < -0.3 is 5.11 Å². The second-order valence-electron chi connectivity index (χ2n) is 6.82. The molecule has 0 radical (unpaired) electrons. The van der Waals surface area contributed by atoms with Crippen LogP contribution in [0.5, 0.6) is 5.88 Å². The number of hydrogen-bond donors (Lipinski definition) is 2. The van der Waals surface area contributed by atoms with Crippen LogP contribution in [0.15, 0.2) is 70.6 Å². The van der Waals surface area contributed by atoms with E-state index in [0.717, 1.165) is 15.8 Å². The number of benzene rings is 2. The Kier molecular flexibility index (Phi) is 5.72. The summed E-state index contributed by atoms with van der Waals surface area (Å²) in [5.74, 6) is -0.122. The van der Waals surface area contributed by atoms with E-state index < -0.39 is 5.56 Å². The van der Waals surface area contributed by atoms with Gasteiger partial charge >= 0.3 is 0 Å². The topological polar surface area (TPSA) is 115 Å². The molecule has 0 saturated carbocycles. The Labute approximate surface area is 182 Å². The summed E-state index contributed by atoms with van der Waals surface area (Å²) >= 11 is 0. The zero-order valence-corrected chi connectivity index (χ0v) is 17.0. The Morgan fingerprint density at radius 1 is 1.16 bits per heavy atom. The molecule has 2 heterocycles. The van der Waals surface area contributed by atoms with Crippen LogP contribution in [0.1, 0.15) is 16.7 Å². The highest BCUT2D eigenvalue weighted by Gasteiger charge is 2.18. The number of aromatic nitrogens is 5. The van der Waals surface area contributed by atoms with E-state index in [1.807, 2.05) is 60.7 Å². The molecule has 10 nitrogen and oxygen atoms in total. The van der Waals surface area contributed by atoms with Gasteiger partial charge in [0, 0.05) is 0 Å². The normalized spacial score (nSPS) is 10.9. The lowest BCUT2D eigenvalue weighted by atomic mass is 10.1. The summed E-state index contributed by atoms with van der Waals surface area (Å²) in [6, 6.07) is 18.5. The Hall–Kier alpha value is -4.78. The largest absolute Gasteiger partial charge is 0.503 e. The van der Waals surface area contributed by atoms with Crippen LogP contribution in [-0.2, 0) is 6.54 Å². The minimum Gasteiger partial charge on any atom is -0.503 e. The molecule has 0 aliphatic heterocycles. The van der Waals surface area contributed by atoms with Gasteiger partial charge in [0.05, 0.1) is 30.6 Å². The summed E-state index contributed by atoms with van der Waals surface area (Å²) < 4.78 is 2.62. The van der Waals surface area contributed by atoms with Crippen molar-refractivity contribution in [3.63, 3.8) is 0 Å². The maximum atomic E-state index is 13.1. The molecule has 0 spiro atoms. The van der Waals surface area contributed by atoms with Crippen LogP contribution in [0.2, 0.25) is 0 Å². The molecule has 0 saturated heterocycles. The molecule has 0 bridgehead atoms. The summed E-state index contributed by atoms with van der Waals surface area (Å²) in [6.07, 6.45) is 1.30. The minimum atomic E-state index is -0.468. The lowest BCUT2D eigenvalue weighted by Gasteiger charge is -2.14. The quantitative estimate of drug-likeness (QED) is 0.278. The minimum absolute atomic E-state index is 0.00361. The molecular weight excluding hydrogens is 408 g/mol. The molecule has 32 heavy (non-hydrogen) atoms. The predicted molar refractivity (Wildman–Crippen MR) is 119 cm³/mol. The number of para-hydroxylation sites is 1. The summed E-state index contributed by atoms with van der Waals surface area (Å²) in [4.78, 5) is 16.5. The first kappa shape index (κ1) is 20.5. The first-order valence-corrected chi connectivity index (χ1v) is 9.60. The lowest BCUT2D eigenvalue weighted by Crippen LogP contribution is -2.25. The van der Waals surface area contributed by atoms with Gasteiger partial charge in [-0.1, -0.05) is 53.6 Å². The monoisotopic (exact) mass is 426 g/mol. The summed E-state index contributed by atoms with van der Waals surface area (Å²) in [5, 5.41) is 26.1. The van der Waals surface area contributed by atoms with Crippen molar-refractivity contribution in [2.45, 2.75) is 13.5 Å². The van der Waals surface area contributed by atoms with E-state index in [-0.39, 0.29) is 29.6 Å². The third kappa shape index (κ3) is 3.95. The number of anilines is 1. The Morgan fingerprint density at radius 3 is 2.53 bits per heavy atom. The number of hydrazone groups is 1. The molecule has 2 aromatic heterocycles. The Balaban J connectivity index is 1.68. The van der Waals surface area contributed by atoms with E-state index in [4.69, 9.17) is 6.57 Å². The SMILES string of the molecule is [C-]#[N+]c1c(C)c(/C=N\Nc2nnnn2-c2ccccc2)c(=O)n(Cc2ccccc2)c1O. The van der Waals surface area contributed by atoms with Gasteiger partial charge in [0.1, 0.15) is 0 Å². The van der Waals surface area contributed by atoms with E-state index in [1.54, 1.807) is 6.92 Å². The van der Waals surface area contributed by atoms with Crippen LogP contribution >= 0.6 is 0 Å². The third-order valence-corrected chi connectivity index (χ3v) is 4.83. The molecule has 2 aromatic carbocycles. The Bertz CT molecular complexity index is 1370. The van der Waals surface area contributed by atoms with Crippen LogP contribution in [0.25, 0.3) is 10.5 Å². The molecule has 10 heteroatoms. The fraction of sp³-hybridized carbons (Fsp3) is 0.0909. The average Bonchev–Trinajstić information content (AvgIpc) is 3.29. The second-order valence-corrected chi connectivity index (χ2v) is 6.82. The fourth-order valence-corrected chi connectivity index (χ4v) is 3.18. The summed E-state index contributed by atoms with van der Waals surface area (Å²) in [6.45, 7) is 9.16. The van der Waals surface area contributed by atoms with Gasteiger partial charge in [-0.3, -0.25) is 9.36 Å². The van der Waals surface area contributed by atoms with E-state index in [1.165, 1.54) is 10.9 Å². The van der Waals surface area contributed by atoms with E-state index in [0.29, 0.717) is 5.56 Å². The maximum Gasteiger partial charge on any atom is 0.268 e. The smallest absolute Gasteiger partial charge is 0.268 e.